The lowest BCUT2D eigenvalue weighted by molar-refractivity contribution is -0.115. The summed E-state index contributed by atoms with van der Waals surface area (Å²) in [5.41, 5.74) is 4.55. The van der Waals surface area contributed by atoms with Gasteiger partial charge in [0, 0.05) is 18.3 Å². The molecular formula is C21H26N2O2. The van der Waals surface area contributed by atoms with Crippen LogP contribution in [0.3, 0.4) is 0 Å². The molecule has 25 heavy (non-hydrogen) atoms. The maximum atomic E-state index is 12.3. The lowest BCUT2D eigenvalue weighted by Crippen LogP contribution is -2.16. The number of carbonyl (C=O) groups is 2. The average Bonchev–Trinajstić information content (AvgIpc) is 2.52. The number of hydrogen-bond donors (Lipinski definition) is 2. The van der Waals surface area contributed by atoms with Crippen molar-refractivity contribution in [3.05, 3.63) is 59.2 Å². The molecule has 2 aromatic carbocycles. The van der Waals surface area contributed by atoms with Crippen molar-refractivity contribution in [2.24, 2.45) is 5.92 Å². The summed E-state index contributed by atoms with van der Waals surface area (Å²) < 4.78 is 0. The number of anilines is 2. The van der Waals surface area contributed by atoms with Crippen LogP contribution < -0.4 is 10.6 Å². The molecule has 0 aliphatic rings. The largest absolute Gasteiger partial charge is 0.326 e. The molecular weight excluding hydrogens is 312 g/mol. The van der Waals surface area contributed by atoms with Crippen molar-refractivity contribution in [3.63, 3.8) is 0 Å². The first-order valence-electron chi connectivity index (χ1n) is 8.60. The first kappa shape index (κ1) is 18.7. The van der Waals surface area contributed by atoms with Gasteiger partial charge in [-0.25, -0.2) is 0 Å². The quantitative estimate of drug-likeness (QED) is 0.823. The zero-order chi connectivity index (χ0) is 18.4. The van der Waals surface area contributed by atoms with E-state index < -0.39 is 0 Å². The fourth-order valence-corrected chi connectivity index (χ4v) is 2.74. The molecule has 2 amide bonds. The van der Waals surface area contributed by atoms with Gasteiger partial charge in [-0.05, 0) is 48.1 Å². The van der Waals surface area contributed by atoms with Crippen molar-refractivity contribution in [3.8, 4) is 0 Å². The van der Waals surface area contributed by atoms with Crippen molar-refractivity contribution in [2.75, 3.05) is 10.6 Å². The number of carbonyl (C=O) groups excluding carboxylic acids is 2. The van der Waals surface area contributed by atoms with Crippen LogP contribution in [0, 0.1) is 12.8 Å². The van der Waals surface area contributed by atoms with E-state index in [1.165, 1.54) is 12.5 Å². The second-order valence-corrected chi connectivity index (χ2v) is 6.80. The van der Waals surface area contributed by atoms with Crippen LogP contribution in [0.4, 0.5) is 11.4 Å². The molecule has 2 rings (SSSR count). The number of hydrogen-bond acceptors (Lipinski definition) is 2. The van der Waals surface area contributed by atoms with Crippen molar-refractivity contribution in [2.45, 2.75) is 40.5 Å². The van der Waals surface area contributed by atoms with Gasteiger partial charge in [0.05, 0.1) is 6.42 Å². The van der Waals surface area contributed by atoms with Gasteiger partial charge in [0.1, 0.15) is 0 Å². The van der Waals surface area contributed by atoms with Gasteiger partial charge in [-0.15, -0.1) is 0 Å². The number of nitrogens with one attached hydrogen (secondary N) is 2. The molecule has 0 atom stereocenters. The molecule has 0 spiro atoms. The minimum atomic E-state index is -0.131. The van der Waals surface area contributed by atoms with Gasteiger partial charge < -0.3 is 10.6 Å². The Bertz CT molecular complexity index is 749. The molecule has 0 saturated carbocycles. The summed E-state index contributed by atoms with van der Waals surface area (Å²) in [6.07, 6.45) is 1.37. The number of rotatable bonds is 6. The average molecular weight is 338 g/mol. The van der Waals surface area contributed by atoms with Gasteiger partial charge in [-0.3, -0.25) is 9.59 Å². The van der Waals surface area contributed by atoms with Crippen LogP contribution in [0.1, 0.15) is 37.5 Å². The van der Waals surface area contributed by atoms with Crippen LogP contribution in [0.25, 0.3) is 0 Å². The predicted molar refractivity (Wildman–Crippen MR) is 103 cm³/mol. The third-order valence-electron chi connectivity index (χ3n) is 3.95. The highest BCUT2D eigenvalue weighted by molar-refractivity contribution is 5.95. The van der Waals surface area contributed by atoms with Gasteiger partial charge in [-0.1, -0.05) is 44.2 Å². The SMILES string of the molecule is CC(=O)Nc1cccc(NC(=O)Cc2ccc(CC(C)C)cc2)c1C. The summed E-state index contributed by atoms with van der Waals surface area (Å²) in [6, 6.07) is 13.7. The Labute approximate surface area is 149 Å². The molecule has 0 bridgehead atoms. The first-order valence-corrected chi connectivity index (χ1v) is 8.60. The second kappa shape index (κ2) is 8.47. The molecule has 132 valence electrons. The minimum Gasteiger partial charge on any atom is -0.326 e. The van der Waals surface area contributed by atoms with E-state index in [0.29, 0.717) is 23.7 Å². The molecule has 0 aromatic heterocycles. The van der Waals surface area contributed by atoms with Crippen LogP contribution >= 0.6 is 0 Å². The molecule has 2 N–H and O–H groups in total. The fraction of sp³-hybridized carbons (Fsp3) is 0.333. The standard InChI is InChI=1S/C21H26N2O2/c1-14(2)12-17-8-10-18(11-9-17)13-21(25)23-20-7-5-6-19(15(20)3)22-16(4)24/h5-11,14H,12-13H2,1-4H3,(H,22,24)(H,23,25). The van der Waals surface area contributed by atoms with Gasteiger partial charge >= 0.3 is 0 Å². The maximum absolute atomic E-state index is 12.3. The highest BCUT2D eigenvalue weighted by Crippen LogP contribution is 2.23. The summed E-state index contributed by atoms with van der Waals surface area (Å²) in [6.45, 7) is 7.73. The second-order valence-electron chi connectivity index (χ2n) is 6.80. The third-order valence-corrected chi connectivity index (χ3v) is 3.95. The van der Waals surface area contributed by atoms with Gasteiger partial charge in [0.15, 0.2) is 0 Å². The maximum Gasteiger partial charge on any atom is 0.228 e. The lowest BCUT2D eigenvalue weighted by atomic mass is 10.0. The van der Waals surface area contributed by atoms with E-state index in [-0.39, 0.29) is 11.8 Å². The minimum absolute atomic E-state index is 0.0697. The van der Waals surface area contributed by atoms with Gasteiger partial charge in [0.25, 0.3) is 0 Å². The zero-order valence-electron chi connectivity index (χ0n) is 15.3. The smallest absolute Gasteiger partial charge is 0.228 e. The molecule has 0 heterocycles. The molecule has 2 aromatic rings. The van der Waals surface area contributed by atoms with Crippen molar-refractivity contribution in [1.29, 1.82) is 0 Å². The van der Waals surface area contributed by atoms with E-state index in [1.54, 1.807) is 0 Å². The predicted octanol–water partition coefficient (Wildman–Crippen LogP) is 4.33. The van der Waals surface area contributed by atoms with Crippen LogP contribution in [0.5, 0.6) is 0 Å². The van der Waals surface area contributed by atoms with E-state index in [0.717, 1.165) is 17.5 Å². The van der Waals surface area contributed by atoms with Gasteiger partial charge in [0.2, 0.25) is 11.8 Å². The van der Waals surface area contributed by atoms with Crippen LogP contribution in [0.2, 0.25) is 0 Å². The molecule has 0 unspecified atom stereocenters. The van der Waals surface area contributed by atoms with E-state index >= 15 is 0 Å². The Morgan fingerprint density at radius 1 is 0.920 bits per heavy atom. The molecule has 0 aliphatic heterocycles. The Hall–Kier alpha value is -2.62. The van der Waals surface area contributed by atoms with Crippen LogP contribution in [0.15, 0.2) is 42.5 Å². The molecule has 0 saturated heterocycles. The summed E-state index contributed by atoms with van der Waals surface area (Å²) >= 11 is 0. The Morgan fingerprint density at radius 3 is 2.04 bits per heavy atom. The lowest BCUT2D eigenvalue weighted by Gasteiger charge is -2.13. The highest BCUT2D eigenvalue weighted by atomic mass is 16.2. The molecule has 0 aliphatic carbocycles. The summed E-state index contributed by atoms with van der Waals surface area (Å²) in [7, 11) is 0. The first-order chi connectivity index (χ1) is 11.8. The Morgan fingerprint density at radius 2 is 1.48 bits per heavy atom. The normalized spacial score (nSPS) is 10.6. The van der Waals surface area contributed by atoms with E-state index in [2.05, 4.69) is 36.6 Å². The van der Waals surface area contributed by atoms with Crippen LogP contribution in [-0.2, 0) is 22.4 Å². The van der Waals surface area contributed by atoms with E-state index in [1.807, 2.05) is 37.3 Å². The molecule has 4 heteroatoms. The summed E-state index contributed by atoms with van der Waals surface area (Å²) in [5.74, 6) is 0.417. The summed E-state index contributed by atoms with van der Waals surface area (Å²) in [4.78, 5) is 23.6. The number of benzene rings is 2. The Balaban J connectivity index is 2.01. The monoisotopic (exact) mass is 338 g/mol. The van der Waals surface area contributed by atoms with E-state index in [4.69, 9.17) is 0 Å². The van der Waals surface area contributed by atoms with Crippen molar-refractivity contribution in [1.82, 2.24) is 0 Å². The number of amides is 2. The van der Waals surface area contributed by atoms with Crippen molar-refractivity contribution >= 4 is 23.2 Å². The topological polar surface area (TPSA) is 58.2 Å². The third kappa shape index (κ3) is 5.75. The molecule has 0 fully saturated rings. The van der Waals surface area contributed by atoms with Gasteiger partial charge in [-0.2, -0.15) is 0 Å². The Kier molecular flexibility index (Phi) is 6.34. The summed E-state index contributed by atoms with van der Waals surface area (Å²) in [5, 5.41) is 5.70. The zero-order valence-corrected chi connectivity index (χ0v) is 15.3. The van der Waals surface area contributed by atoms with Crippen molar-refractivity contribution < 1.29 is 9.59 Å². The fourth-order valence-electron chi connectivity index (χ4n) is 2.74. The molecule has 4 nitrogen and oxygen atoms in total. The highest BCUT2D eigenvalue weighted by Gasteiger charge is 2.09. The molecule has 0 radical (unpaired) electrons. The van der Waals surface area contributed by atoms with E-state index in [9.17, 15) is 9.59 Å². The van der Waals surface area contributed by atoms with Crippen LogP contribution in [-0.4, -0.2) is 11.8 Å².